The molecule has 2 fully saturated rings. The summed E-state index contributed by atoms with van der Waals surface area (Å²) in [6.07, 6.45) is -0.647. The highest BCUT2D eigenvalue weighted by Crippen LogP contribution is 2.22. The highest BCUT2D eigenvalue weighted by molar-refractivity contribution is 7.86. The molecular weight excluding hydrogens is 430 g/mol. The smallest absolute Gasteiger partial charge is 0.282 e. The second-order valence-corrected chi connectivity index (χ2v) is 10.0. The van der Waals surface area contributed by atoms with Crippen molar-refractivity contribution in [3.63, 3.8) is 0 Å². The Labute approximate surface area is 190 Å². The third-order valence-electron chi connectivity index (χ3n) is 5.83. The van der Waals surface area contributed by atoms with Crippen LogP contribution in [0.2, 0.25) is 0 Å². The van der Waals surface area contributed by atoms with Crippen LogP contribution in [0.5, 0.6) is 5.75 Å². The lowest BCUT2D eigenvalue weighted by atomic mass is 10.1. The fraction of sp³-hybridized carbons (Fsp3) is 0.478. The fourth-order valence-electron chi connectivity index (χ4n) is 4.00. The summed E-state index contributed by atoms with van der Waals surface area (Å²) in [5.74, 6) is 0.713. The van der Waals surface area contributed by atoms with Gasteiger partial charge in [0.25, 0.3) is 10.2 Å². The Hall–Kier alpha value is -2.01. The highest BCUT2D eigenvalue weighted by Gasteiger charge is 2.33. The van der Waals surface area contributed by atoms with Crippen LogP contribution in [-0.4, -0.2) is 98.8 Å². The van der Waals surface area contributed by atoms with Gasteiger partial charge in [0.1, 0.15) is 18.5 Å². The molecule has 9 heteroatoms. The zero-order valence-electron chi connectivity index (χ0n) is 18.2. The molecule has 4 rings (SSSR count). The molecule has 174 valence electrons. The molecule has 8 nitrogen and oxygen atoms in total. The van der Waals surface area contributed by atoms with Gasteiger partial charge in [-0.25, -0.2) is 0 Å². The molecule has 2 aromatic rings. The van der Waals surface area contributed by atoms with Crippen LogP contribution < -0.4 is 4.74 Å². The first-order valence-corrected chi connectivity index (χ1v) is 12.4. The Bertz CT molecular complexity index is 941. The number of rotatable bonds is 8. The quantitative estimate of drug-likeness (QED) is 0.638. The fourth-order valence-corrected chi connectivity index (χ4v) is 5.56. The molecular formula is C23H31N3O5S. The highest BCUT2D eigenvalue weighted by atomic mass is 32.2. The van der Waals surface area contributed by atoms with Crippen molar-refractivity contribution in [2.75, 3.05) is 65.6 Å². The van der Waals surface area contributed by atoms with E-state index in [1.807, 2.05) is 42.5 Å². The van der Waals surface area contributed by atoms with Gasteiger partial charge in [-0.3, -0.25) is 4.90 Å². The summed E-state index contributed by atoms with van der Waals surface area (Å²) >= 11 is 0. The average Bonchev–Trinajstić information content (AvgIpc) is 2.84. The number of hydrogen-bond acceptors (Lipinski definition) is 6. The molecule has 0 amide bonds. The summed E-state index contributed by atoms with van der Waals surface area (Å²) in [5, 5.41) is 10.4. The van der Waals surface area contributed by atoms with Gasteiger partial charge in [-0.1, -0.05) is 42.5 Å². The normalized spacial score (nSPS) is 20.2. The molecule has 2 aliphatic rings. The zero-order valence-corrected chi connectivity index (χ0v) is 19.0. The number of ether oxygens (including phenoxy) is 2. The Kier molecular flexibility index (Phi) is 7.77. The van der Waals surface area contributed by atoms with Crippen LogP contribution in [0.25, 0.3) is 11.1 Å². The van der Waals surface area contributed by atoms with Crippen molar-refractivity contribution in [2.45, 2.75) is 6.10 Å². The Morgan fingerprint density at radius 1 is 0.844 bits per heavy atom. The van der Waals surface area contributed by atoms with E-state index in [2.05, 4.69) is 17.0 Å². The number of aliphatic hydroxyl groups excluding tert-OH is 1. The van der Waals surface area contributed by atoms with Crippen LogP contribution in [0, 0.1) is 0 Å². The Balaban J connectivity index is 1.20. The van der Waals surface area contributed by atoms with Crippen LogP contribution in [0.15, 0.2) is 54.6 Å². The second-order valence-electron chi connectivity index (χ2n) is 8.07. The number of β-amino-alcohol motifs (C(OH)–C–C–N with tert-alkyl or cyclic N) is 1. The maximum absolute atomic E-state index is 12.8. The van der Waals surface area contributed by atoms with Gasteiger partial charge in [0.05, 0.1) is 13.2 Å². The summed E-state index contributed by atoms with van der Waals surface area (Å²) in [4.78, 5) is 2.08. The maximum Gasteiger partial charge on any atom is 0.282 e. The average molecular weight is 462 g/mol. The van der Waals surface area contributed by atoms with Gasteiger partial charge in [0.2, 0.25) is 0 Å². The van der Waals surface area contributed by atoms with Crippen molar-refractivity contribution in [1.82, 2.24) is 13.5 Å². The molecule has 2 aromatic carbocycles. The van der Waals surface area contributed by atoms with Crippen molar-refractivity contribution in [1.29, 1.82) is 0 Å². The first kappa shape index (κ1) is 23.2. The minimum atomic E-state index is -3.43. The van der Waals surface area contributed by atoms with E-state index in [1.54, 1.807) is 0 Å². The van der Waals surface area contributed by atoms with Gasteiger partial charge in [0, 0.05) is 45.8 Å². The largest absolute Gasteiger partial charge is 0.491 e. The third-order valence-corrected chi connectivity index (χ3v) is 7.86. The van der Waals surface area contributed by atoms with E-state index in [9.17, 15) is 13.5 Å². The number of benzene rings is 2. The second kappa shape index (κ2) is 10.7. The van der Waals surface area contributed by atoms with Gasteiger partial charge in [-0.2, -0.15) is 17.0 Å². The van der Waals surface area contributed by atoms with E-state index in [1.165, 1.54) is 8.61 Å². The van der Waals surface area contributed by atoms with Crippen molar-refractivity contribution < 1.29 is 23.0 Å². The molecule has 1 atom stereocenters. The standard InChI is InChI=1S/C23H31N3O5S/c27-22(19-31-23-8-6-21(7-9-23)20-4-2-1-3-5-20)18-24-10-12-25(13-11-24)32(28,29)26-14-16-30-17-15-26/h1-9,22,27H,10-19H2. The predicted octanol–water partition coefficient (Wildman–Crippen LogP) is 1.29. The molecule has 1 N–H and O–H groups in total. The summed E-state index contributed by atoms with van der Waals surface area (Å²) in [6.45, 7) is 4.38. The van der Waals surface area contributed by atoms with Crippen molar-refractivity contribution >= 4 is 10.2 Å². The van der Waals surface area contributed by atoms with Crippen molar-refractivity contribution in [2.24, 2.45) is 0 Å². The van der Waals surface area contributed by atoms with Crippen LogP contribution in [0.1, 0.15) is 0 Å². The molecule has 0 bridgehead atoms. The van der Waals surface area contributed by atoms with Gasteiger partial charge in [-0.05, 0) is 23.3 Å². The number of aliphatic hydroxyl groups is 1. The zero-order chi connectivity index (χ0) is 22.4. The van der Waals surface area contributed by atoms with Gasteiger partial charge < -0.3 is 14.6 Å². The van der Waals surface area contributed by atoms with Crippen LogP contribution in [-0.2, 0) is 14.9 Å². The van der Waals surface area contributed by atoms with Gasteiger partial charge in [-0.15, -0.1) is 0 Å². The van der Waals surface area contributed by atoms with E-state index >= 15 is 0 Å². The van der Waals surface area contributed by atoms with Gasteiger partial charge in [0.15, 0.2) is 0 Å². The number of morpholine rings is 1. The Morgan fingerprint density at radius 3 is 2.09 bits per heavy atom. The van der Waals surface area contributed by atoms with E-state index in [0.29, 0.717) is 64.8 Å². The molecule has 0 radical (unpaired) electrons. The Morgan fingerprint density at radius 2 is 1.44 bits per heavy atom. The summed E-state index contributed by atoms with van der Waals surface area (Å²) in [6, 6.07) is 18.0. The van der Waals surface area contributed by atoms with Gasteiger partial charge >= 0.3 is 0 Å². The first-order valence-electron chi connectivity index (χ1n) is 11.0. The SMILES string of the molecule is O=S(=O)(N1CCOCC1)N1CCN(CC(O)COc2ccc(-c3ccccc3)cc2)CC1. The third kappa shape index (κ3) is 5.86. The lowest BCUT2D eigenvalue weighted by molar-refractivity contribution is 0.0526. The maximum atomic E-state index is 12.8. The lowest BCUT2D eigenvalue weighted by Gasteiger charge is -2.38. The summed E-state index contributed by atoms with van der Waals surface area (Å²) in [5.41, 5.74) is 2.26. The number of piperazine rings is 1. The molecule has 32 heavy (non-hydrogen) atoms. The van der Waals surface area contributed by atoms with E-state index in [0.717, 1.165) is 11.1 Å². The predicted molar refractivity (Wildman–Crippen MR) is 123 cm³/mol. The molecule has 2 saturated heterocycles. The minimum Gasteiger partial charge on any atom is -0.491 e. The number of nitrogens with zero attached hydrogens (tertiary/aromatic N) is 3. The van der Waals surface area contributed by atoms with Crippen molar-refractivity contribution in [3.8, 4) is 16.9 Å². The molecule has 0 aliphatic carbocycles. The summed E-state index contributed by atoms with van der Waals surface area (Å²) in [7, 11) is -3.43. The van der Waals surface area contributed by atoms with Crippen LogP contribution in [0.4, 0.5) is 0 Å². The minimum absolute atomic E-state index is 0.191. The van der Waals surface area contributed by atoms with Crippen molar-refractivity contribution in [3.05, 3.63) is 54.6 Å². The molecule has 0 aromatic heterocycles. The molecule has 2 heterocycles. The van der Waals surface area contributed by atoms with E-state index in [4.69, 9.17) is 9.47 Å². The lowest BCUT2D eigenvalue weighted by Crippen LogP contribution is -2.55. The van der Waals surface area contributed by atoms with E-state index in [-0.39, 0.29) is 6.61 Å². The van der Waals surface area contributed by atoms with Crippen LogP contribution >= 0.6 is 0 Å². The topological polar surface area (TPSA) is 82.6 Å². The first-order chi connectivity index (χ1) is 15.5. The summed E-state index contributed by atoms with van der Waals surface area (Å²) < 4.78 is 39.5. The van der Waals surface area contributed by atoms with Crippen LogP contribution in [0.3, 0.4) is 0 Å². The molecule has 0 saturated carbocycles. The molecule has 2 aliphatic heterocycles. The molecule has 0 spiro atoms. The van der Waals surface area contributed by atoms with E-state index < -0.39 is 16.3 Å². The number of hydrogen-bond donors (Lipinski definition) is 1. The molecule has 1 unspecified atom stereocenters. The monoisotopic (exact) mass is 461 g/mol.